The lowest BCUT2D eigenvalue weighted by molar-refractivity contribution is -0.148. The van der Waals surface area contributed by atoms with E-state index in [4.69, 9.17) is 4.74 Å². The van der Waals surface area contributed by atoms with Crippen LogP contribution in [0, 0.1) is 0 Å². The summed E-state index contributed by atoms with van der Waals surface area (Å²) in [7, 11) is 0. The van der Waals surface area contributed by atoms with Gasteiger partial charge in [0.2, 0.25) is 5.91 Å². The van der Waals surface area contributed by atoms with Gasteiger partial charge in [-0.25, -0.2) is 0 Å². The number of unbranched alkanes of at least 4 members (excludes halogenated alkanes) is 20. The molecule has 0 spiro atoms. The number of amides is 1. The minimum Gasteiger partial charge on any atom is -0.458 e. The fraction of sp³-hybridized carbons (Fsp3) is 0.661. The Labute approximate surface area is 400 Å². The Morgan fingerprint density at radius 3 is 1.42 bits per heavy atom. The van der Waals surface area contributed by atoms with Crippen LogP contribution in [0.15, 0.2) is 109 Å². The molecule has 6 nitrogen and oxygen atoms in total. The molecule has 0 aromatic rings. The second-order valence-electron chi connectivity index (χ2n) is 17.6. The number of hydrogen-bond donors (Lipinski definition) is 3. The van der Waals surface area contributed by atoms with E-state index in [1.54, 1.807) is 6.08 Å². The summed E-state index contributed by atoms with van der Waals surface area (Å²) in [6.07, 6.45) is 70.4. The first kappa shape index (κ1) is 61.5. The van der Waals surface area contributed by atoms with Gasteiger partial charge in [-0.05, 0) is 76.7 Å². The Morgan fingerprint density at radius 1 is 0.492 bits per heavy atom. The summed E-state index contributed by atoms with van der Waals surface area (Å²) in [4.78, 5) is 26.1. The van der Waals surface area contributed by atoms with E-state index in [2.05, 4.69) is 123 Å². The van der Waals surface area contributed by atoms with Gasteiger partial charge in [0.15, 0.2) is 0 Å². The van der Waals surface area contributed by atoms with Gasteiger partial charge in [0.1, 0.15) is 6.10 Å². The standard InChI is InChI=1S/C59H99NO5/c1-4-7-10-13-16-19-22-25-27-29-30-33-35-38-41-44-47-50-55(65-59(64)52-49-46-43-40-37-32-24-21-18-15-12-9-6-3)53-58(63)60-56(54-61)57(62)51-48-45-42-39-36-34-31-28-26-23-20-17-14-11-8-5-2/h7,9-10,12,15-16,18-19,21,24-25,27,30,33,38,41,47,50,55-57,61-62H,4-6,8,11,13-14,17,20,22-23,26,28-29,31-32,34-37,39-40,42-46,48-49,51-54H2,1-3H3,(H,60,63)/b10-7-,12-9+,18-15+,19-16-,24-21-,27-25-,33-30-,41-38-,50-47-. The molecule has 1 amide bonds. The molecule has 370 valence electrons. The summed E-state index contributed by atoms with van der Waals surface area (Å²) >= 11 is 0. The predicted octanol–water partition coefficient (Wildman–Crippen LogP) is 16.3. The molecule has 0 heterocycles. The fourth-order valence-electron chi connectivity index (χ4n) is 7.43. The van der Waals surface area contributed by atoms with E-state index in [0.717, 1.165) is 96.3 Å². The molecule has 0 aromatic heterocycles. The van der Waals surface area contributed by atoms with E-state index in [9.17, 15) is 19.8 Å². The summed E-state index contributed by atoms with van der Waals surface area (Å²) in [5.74, 6) is -0.661. The minimum atomic E-state index is -0.830. The third-order valence-electron chi connectivity index (χ3n) is 11.4. The number of carbonyl (C=O) groups is 2. The Kier molecular flexibility index (Phi) is 48.7. The van der Waals surface area contributed by atoms with Crippen LogP contribution in [0.5, 0.6) is 0 Å². The average Bonchev–Trinajstić information content (AvgIpc) is 3.30. The zero-order chi connectivity index (χ0) is 47.4. The maximum atomic E-state index is 13.2. The molecule has 6 heteroatoms. The number of nitrogens with one attached hydrogen (secondary N) is 1. The summed E-state index contributed by atoms with van der Waals surface area (Å²) in [5.41, 5.74) is 0. The number of carbonyl (C=O) groups excluding carboxylic acids is 2. The van der Waals surface area contributed by atoms with Crippen molar-refractivity contribution in [2.45, 2.75) is 244 Å². The zero-order valence-electron chi connectivity index (χ0n) is 42.1. The van der Waals surface area contributed by atoms with Crippen molar-refractivity contribution in [1.29, 1.82) is 0 Å². The number of hydrogen-bond acceptors (Lipinski definition) is 5. The van der Waals surface area contributed by atoms with Crippen LogP contribution in [-0.2, 0) is 14.3 Å². The molecular formula is C59H99NO5. The van der Waals surface area contributed by atoms with Crippen LogP contribution in [0.3, 0.4) is 0 Å². The predicted molar refractivity (Wildman–Crippen MR) is 282 cm³/mol. The van der Waals surface area contributed by atoms with Crippen LogP contribution >= 0.6 is 0 Å². The molecule has 0 radical (unpaired) electrons. The quantitative estimate of drug-likeness (QED) is 0.0245. The largest absolute Gasteiger partial charge is 0.458 e. The molecule has 0 fully saturated rings. The van der Waals surface area contributed by atoms with E-state index >= 15 is 0 Å². The van der Waals surface area contributed by atoms with Crippen molar-refractivity contribution in [1.82, 2.24) is 5.32 Å². The lowest BCUT2D eigenvalue weighted by Gasteiger charge is -2.23. The first-order valence-corrected chi connectivity index (χ1v) is 26.7. The molecule has 0 aromatic carbocycles. The fourth-order valence-corrected chi connectivity index (χ4v) is 7.43. The van der Waals surface area contributed by atoms with Gasteiger partial charge in [0, 0.05) is 6.42 Å². The second kappa shape index (κ2) is 51.5. The van der Waals surface area contributed by atoms with Gasteiger partial charge in [0.25, 0.3) is 0 Å². The molecular weight excluding hydrogens is 803 g/mol. The molecule has 3 unspecified atom stereocenters. The molecule has 0 aliphatic heterocycles. The number of aliphatic hydroxyl groups is 2. The summed E-state index contributed by atoms with van der Waals surface area (Å²) < 4.78 is 5.82. The Hall–Kier alpha value is -3.48. The van der Waals surface area contributed by atoms with Crippen molar-refractivity contribution >= 4 is 11.9 Å². The molecule has 0 aliphatic carbocycles. The molecule has 65 heavy (non-hydrogen) atoms. The smallest absolute Gasteiger partial charge is 0.306 e. The molecule has 0 saturated carbocycles. The Balaban J connectivity index is 4.77. The Morgan fingerprint density at radius 2 is 0.923 bits per heavy atom. The van der Waals surface area contributed by atoms with Crippen LogP contribution in [0.4, 0.5) is 0 Å². The van der Waals surface area contributed by atoms with E-state index in [1.165, 1.54) is 83.5 Å². The molecule has 3 N–H and O–H groups in total. The first-order chi connectivity index (χ1) is 32.0. The highest BCUT2D eigenvalue weighted by Gasteiger charge is 2.23. The Bertz CT molecular complexity index is 1330. The highest BCUT2D eigenvalue weighted by molar-refractivity contribution is 5.78. The minimum absolute atomic E-state index is 0.0617. The summed E-state index contributed by atoms with van der Waals surface area (Å²) in [6, 6.07) is -0.754. The number of allylic oxidation sites excluding steroid dienone is 17. The summed E-state index contributed by atoms with van der Waals surface area (Å²) in [5, 5.41) is 23.8. The molecule has 0 saturated heterocycles. The highest BCUT2D eigenvalue weighted by atomic mass is 16.5. The number of aliphatic hydroxyl groups excluding tert-OH is 2. The lowest BCUT2D eigenvalue weighted by Crippen LogP contribution is -2.46. The van der Waals surface area contributed by atoms with Crippen molar-refractivity contribution in [2.75, 3.05) is 6.61 Å². The van der Waals surface area contributed by atoms with Gasteiger partial charge in [-0.15, -0.1) is 0 Å². The molecule has 3 atom stereocenters. The van der Waals surface area contributed by atoms with Crippen LogP contribution in [0.2, 0.25) is 0 Å². The van der Waals surface area contributed by atoms with Crippen LogP contribution in [-0.4, -0.2) is 46.9 Å². The van der Waals surface area contributed by atoms with Crippen molar-refractivity contribution < 1.29 is 24.5 Å². The van der Waals surface area contributed by atoms with Crippen molar-refractivity contribution in [3.63, 3.8) is 0 Å². The normalized spacial score (nSPS) is 14.1. The van der Waals surface area contributed by atoms with Crippen molar-refractivity contribution in [3.05, 3.63) is 109 Å². The van der Waals surface area contributed by atoms with Gasteiger partial charge < -0.3 is 20.3 Å². The lowest BCUT2D eigenvalue weighted by atomic mass is 10.0. The maximum absolute atomic E-state index is 13.2. The number of rotatable bonds is 46. The summed E-state index contributed by atoms with van der Waals surface area (Å²) in [6.45, 7) is 6.20. The third kappa shape index (κ3) is 46.8. The van der Waals surface area contributed by atoms with E-state index in [-0.39, 0.29) is 24.9 Å². The monoisotopic (exact) mass is 902 g/mol. The van der Waals surface area contributed by atoms with Gasteiger partial charge >= 0.3 is 5.97 Å². The van der Waals surface area contributed by atoms with Crippen LogP contribution < -0.4 is 5.32 Å². The molecule has 0 rings (SSSR count). The first-order valence-electron chi connectivity index (χ1n) is 26.7. The van der Waals surface area contributed by atoms with E-state index in [0.29, 0.717) is 19.3 Å². The van der Waals surface area contributed by atoms with E-state index in [1.807, 2.05) is 6.08 Å². The average molecular weight is 902 g/mol. The van der Waals surface area contributed by atoms with Crippen molar-refractivity contribution in [2.24, 2.45) is 0 Å². The van der Waals surface area contributed by atoms with E-state index < -0.39 is 18.2 Å². The van der Waals surface area contributed by atoms with Gasteiger partial charge in [-0.1, -0.05) is 246 Å². The van der Waals surface area contributed by atoms with Crippen LogP contribution in [0.1, 0.15) is 226 Å². The topological polar surface area (TPSA) is 95.9 Å². The maximum Gasteiger partial charge on any atom is 0.306 e. The zero-order valence-corrected chi connectivity index (χ0v) is 42.1. The third-order valence-corrected chi connectivity index (χ3v) is 11.4. The molecule has 0 bridgehead atoms. The van der Waals surface area contributed by atoms with Gasteiger partial charge in [0.05, 0.1) is 25.2 Å². The SMILES string of the molecule is CC/C=C\C/C=C\C/C=C\C/C=C\C/C=C\C/C=C\C(CC(=O)NC(CO)C(O)CCCCCCCCCCCCCCCCCC)OC(=O)CCCCCCC\C=C/C=C/C=C/CC. The number of esters is 1. The number of ether oxygens (including phenoxy) is 1. The van der Waals surface area contributed by atoms with Gasteiger partial charge in [-0.3, -0.25) is 9.59 Å². The second-order valence-corrected chi connectivity index (χ2v) is 17.6. The van der Waals surface area contributed by atoms with Crippen LogP contribution in [0.25, 0.3) is 0 Å². The van der Waals surface area contributed by atoms with Gasteiger partial charge in [-0.2, -0.15) is 0 Å². The highest BCUT2D eigenvalue weighted by Crippen LogP contribution is 2.16. The van der Waals surface area contributed by atoms with Crippen molar-refractivity contribution in [3.8, 4) is 0 Å². The molecule has 0 aliphatic rings.